The molecule has 0 fully saturated rings. The van der Waals surface area contributed by atoms with Gasteiger partial charge in [-0.15, -0.1) is 23.5 Å². The third-order valence-corrected chi connectivity index (χ3v) is 5.48. The fourth-order valence-electron chi connectivity index (χ4n) is 1.97. The van der Waals surface area contributed by atoms with Gasteiger partial charge in [0.25, 0.3) is 0 Å². The molecule has 0 aliphatic heterocycles. The van der Waals surface area contributed by atoms with Gasteiger partial charge in [0.1, 0.15) is 0 Å². The SMILES string of the molecule is O=C(O)c1ccc(SCCCCSc2ccc(C(=O)O)cc2)cc1. The van der Waals surface area contributed by atoms with Crippen molar-refractivity contribution in [1.29, 1.82) is 0 Å². The van der Waals surface area contributed by atoms with Gasteiger partial charge in [-0.25, -0.2) is 9.59 Å². The fraction of sp³-hybridized carbons (Fsp3) is 0.222. The number of rotatable bonds is 9. The molecule has 0 amide bonds. The van der Waals surface area contributed by atoms with Gasteiger partial charge < -0.3 is 10.2 Å². The lowest BCUT2D eigenvalue weighted by Gasteiger charge is -2.04. The monoisotopic (exact) mass is 362 g/mol. The van der Waals surface area contributed by atoms with Crippen LogP contribution in [0.3, 0.4) is 0 Å². The Labute approximate surface area is 149 Å². The van der Waals surface area contributed by atoms with E-state index < -0.39 is 11.9 Å². The Balaban J connectivity index is 1.62. The second kappa shape index (κ2) is 9.39. The maximum atomic E-state index is 10.8. The second-order valence-electron chi connectivity index (χ2n) is 5.06. The smallest absolute Gasteiger partial charge is 0.335 e. The van der Waals surface area contributed by atoms with E-state index in [0.717, 1.165) is 34.1 Å². The molecule has 2 aromatic carbocycles. The van der Waals surface area contributed by atoms with Crippen molar-refractivity contribution in [3.8, 4) is 0 Å². The number of carbonyl (C=O) groups is 2. The number of hydrogen-bond acceptors (Lipinski definition) is 4. The first-order valence-electron chi connectivity index (χ1n) is 7.48. The molecule has 2 N–H and O–H groups in total. The van der Waals surface area contributed by atoms with Gasteiger partial charge in [-0.2, -0.15) is 0 Å². The molecule has 0 spiro atoms. The first-order chi connectivity index (χ1) is 11.6. The van der Waals surface area contributed by atoms with Gasteiger partial charge in [0.2, 0.25) is 0 Å². The van der Waals surface area contributed by atoms with Crippen LogP contribution in [0.25, 0.3) is 0 Å². The minimum atomic E-state index is -0.903. The minimum absolute atomic E-state index is 0.310. The molecule has 0 radical (unpaired) electrons. The molecule has 0 aromatic heterocycles. The summed E-state index contributed by atoms with van der Waals surface area (Å²) in [6.07, 6.45) is 2.15. The molecule has 6 heteroatoms. The van der Waals surface area contributed by atoms with Crippen molar-refractivity contribution in [2.24, 2.45) is 0 Å². The number of carboxylic acid groups (broad SMARTS) is 2. The van der Waals surface area contributed by atoms with Crippen LogP contribution in [-0.2, 0) is 0 Å². The first kappa shape index (κ1) is 18.4. The van der Waals surface area contributed by atoms with Crippen LogP contribution in [0, 0.1) is 0 Å². The van der Waals surface area contributed by atoms with Gasteiger partial charge in [0.15, 0.2) is 0 Å². The molecule has 0 heterocycles. The predicted octanol–water partition coefficient (Wildman–Crippen LogP) is 4.75. The van der Waals surface area contributed by atoms with E-state index in [1.54, 1.807) is 47.8 Å². The van der Waals surface area contributed by atoms with Gasteiger partial charge in [-0.1, -0.05) is 0 Å². The van der Waals surface area contributed by atoms with Crippen LogP contribution in [0.15, 0.2) is 58.3 Å². The van der Waals surface area contributed by atoms with E-state index in [1.165, 1.54) is 0 Å². The molecular weight excluding hydrogens is 344 g/mol. The quantitative estimate of drug-likeness (QED) is 0.495. The van der Waals surface area contributed by atoms with E-state index in [4.69, 9.17) is 10.2 Å². The second-order valence-corrected chi connectivity index (χ2v) is 7.40. The first-order valence-corrected chi connectivity index (χ1v) is 9.45. The molecule has 0 aliphatic rings. The molecule has 126 valence electrons. The highest BCUT2D eigenvalue weighted by Crippen LogP contribution is 2.23. The van der Waals surface area contributed by atoms with E-state index >= 15 is 0 Å². The summed E-state index contributed by atoms with van der Waals surface area (Å²) in [6, 6.07) is 13.9. The lowest BCUT2D eigenvalue weighted by atomic mass is 10.2. The highest BCUT2D eigenvalue weighted by molar-refractivity contribution is 7.99. The minimum Gasteiger partial charge on any atom is -0.478 e. The Morgan fingerprint density at radius 1 is 0.667 bits per heavy atom. The van der Waals surface area contributed by atoms with Gasteiger partial charge >= 0.3 is 11.9 Å². The number of carboxylic acids is 2. The lowest BCUT2D eigenvalue weighted by molar-refractivity contribution is 0.0686. The van der Waals surface area contributed by atoms with Crippen molar-refractivity contribution in [2.45, 2.75) is 22.6 Å². The summed E-state index contributed by atoms with van der Waals surface area (Å²) >= 11 is 3.45. The standard InChI is InChI=1S/C18H18O4S2/c19-17(20)13-3-7-15(8-4-13)23-11-1-2-12-24-16-9-5-14(6-10-16)18(21)22/h3-10H,1-2,11-12H2,(H,19,20)(H,21,22). The summed E-state index contributed by atoms with van der Waals surface area (Å²) < 4.78 is 0. The molecular formula is C18H18O4S2. The molecule has 0 saturated carbocycles. The molecule has 0 saturated heterocycles. The molecule has 0 unspecified atom stereocenters. The van der Waals surface area contributed by atoms with Crippen molar-refractivity contribution >= 4 is 35.5 Å². The van der Waals surface area contributed by atoms with Crippen molar-refractivity contribution in [3.05, 3.63) is 59.7 Å². The van der Waals surface area contributed by atoms with Crippen LogP contribution in [0.2, 0.25) is 0 Å². The highest BCUT2D eigenvalue weighted by Gasteiger charge is 2.03. The predicted molar refractivity (Wildman–Crippen MR) is 97.5 cm³/mol. The van der Waals surface area contributed by atoms with Crippen molar-refractivity contribution in [1.82, 2.24) is 0 Å². The van der Waals surface area contributed by atoms with Crippen LogP contribution in [0.4, 0.5) is 0 Å². The maximum absolute atomic E-state index is 10.8. The third-order valence-electron chi connectivity index (χ3n) is 3.28. The van der Waals surface area contributed by atoms with Gasteiger partial charge in [0, 0.05) is 9.79 Å². The lowest BCUT2D eigenvalue weighted by Crippen LogP contribution is -1.95. The van der Waals surface area contributed by atoms with Crippen LogP contribution in [-0.4, -0.2) is 33.7 Å². The summed E-state index contributed by atoms with van der Waals surface area (Å²) in [7, 11) is 0. The zero-order chi connectivity index (χ0) is 17.4. The number of unbranched alkanes of at least 4 members (excludes halogenated alkanes) is 1. The molecule has 0 bridgehead atoms. The van der Waals surface area contributed by atoms with E-state index in [2.05, 4.69) is 0 Å². The topological polar surface area (TPSA) is 74.6 Å². The summed E-state index contributed by atoms with van der Waals surface area (Å²) in [6.45, 7) is 0. The van der Waals surface area contributed by atoms with Crippen LogP contribution < -0.4 is 0 Å². The molecule has 4 nitrogen and oxygen atoms in total. The Morgan fingerprint density at radius 2 is 1.00 bits per heavy atom. The normalized spacial score (nSPS) is 10.5. The molecule has 0 aliphatic carbocycles. The summed E-state index contributed by atoms with van der Waals surface area (Å²) in [4.78, 5) is 23.7. The number of aromatic carboxylic acids is 2. The van der Waals surface area contributed by atoms with Crippen molar-refractivity contribution in [2.75, 3.05) is 11.5 Å². The van der Waals surface area contributed by atoms with Crippen molar-refractivity contribution < 1.29 is 19.8 Å². The maximum Gasteiger partial charge on any atom is 0.335 e. The third kappa shape index (κ3) is 5.94. The number of thioether (sulfide) groups is 2. The molecule has 0 atom stereocenters. The molecule has 2 rings (SSSR count). The Kier molecular flexibility index (Phi) is 7.21. The Morgan fingerprint density at radius 3 is 1.29 bits per heavy atom. The summed E-state index contributed by atoms with van der Waals surface area (Å²) in [5, 5.41) is 17.7. The van der Waals surface area contributed by atoms with E-state index in [1.807, 2.05) is 24.3 Å². The summed E-state index contributed by atoms with van der Waals surface area (Å²) in [5.41, 5.74) is 0.620. The van der Waals surface area contributed by atoms with Crippen LogP contribution in [0.5, 0.6) is 0 Å². The van der Waals surface area contributed by atoms with Crippen LogP contribution in [0.1, 0.15) is 33.6 Å². The van der Waals surface area contributed by atoms with E-state index in [9.17, 15) is 9.59 Å². The average Bonchev–Trinajstić information content (AvgIpc) is 2.58. The fourth-order valence-corrected chi connectivity index (χ4v) is 3.80. The number of benzene rings is 2. The average molecular weight is 362 g/mol. The Hall–Kier alpha value is -1.92. The number of hydrogen-bond donors (Lipinski definition) is 2. The van der Waals surface area contributed by atoms with Gasteiger partial charge in [-0.3, -0.25) is 0 Å². The van der Waals surface area contributed by atoms with E-state index in [0.29, 0.717) is 11.1 Å². The largest absolute Gasteiger partial charge is 0.478 e. The van der Waals surface area contributed by atoms with Gasteiger partial charge in [0.05, 0.1) is 11.1 Å². The summed E-state index contributed by atoms with van der Waals surface area (Å²) in [5.74, 6) is 0.176. The Bertz CT molecular complexity index is 620. The highest BCUT2D eigenvalue weighted by atomic mass is 32.2. The van der Waals surface area contributed by atoms with Gasteiger partial charge in [-0.05, 0) is 72.9 Å². The van der Waals surface area contributed by atoms with E-state index in [-0.39, 0.29) is 0 Å². The molecule has 2 aromatic rings. The van der Waals surface area contributed by atoms with Crippen molar-refractivity contribution in [3.63, 3.8) is 0 Å². The van der Waals surface area contributed by atoms with Crippen LogP contribution >= 0.6 is 23.5 Å². The zero-order valence-electron chi connectivity index (χ0n) is 13.0. The molecule has 24 heavy (non-hydrogen) atoms. The zero-order valence-corrected chi connectivity index (χ0v) is 14.6.